The lowest BCUT2D eigenvalue weighted by Gasteiger charge is -2.06. The molecule has 112 valence electrons. The summed E-state index contributed by atoms with van der Waals surface area (Å²) in [5, 5.41) is 11.5. The van der Waals surface area contributed by atoms with Crippen molar-refractivity contribution in [1.82, 2.24) is 0 Å². The summed E-state index contributed by atoms with van der Waals surface area (Å²) in [6.07, 6.45) is 0.895. The normalized spacial score (nSPS) is 11.8. The second-order valence-corrected chi connectivity index (χ2v) is 4.19. The summed E-state index contributed by atoms with van der Waals surface area (Å²) in [5.74, 6) is 0.0990. The van der Waals surface area contributed by atoms with E-state index in [1.807, 2.05) is 12.1 Å². The molecule has 0 aliphatic rings. The van der Waals surface area contributed by atoms with Crippen molar-refractivity contribution < 1.29 is 19.4 Å². The first-order valence-corrected chi connectivity index (χ1v) is 6.49. The van der Waals surface area contributed by atoms with Crippen molar-refractivity contribution in [2.24, 2.45) is 10.9 Å². The van der Waals surface area contributed by atoms with Gasteiger partial charge in [-0.3, -0.25) is 0 Å². The van der Waals surface area contributed by atoms with Crippen LogP contribution in [-0.2, 0) is 20.8 Å². The molecule has 0 unspecified atom stereocenters. The molecule has 3 N–H and O–H groups in total. The molecule has 1 aromatic rings. The molecule has 0 aromatic heterocycles. The van der Waals surface area contributed by atoms with E-state index in [1.54, 1.807) is 19.2 Å². The van der Waals surface area contributed by atoms with E-state index in [4.69, 9.17) is 25.2 Å². The van der Waals surface area contributed by atoms with Crippen molar-refractivity contribution in [2.75, 3.05) is 33.5 Å². The molecule has 0 spiro atoms. The fraction of sp³-hybridized carbons (Fsp3) is 0.500. The number of nitrogens with zero attached hydrogens (tertiary/aromatic N) is 1. The SMILES string of the molecule is COCCCOCCOCc1ccc(/C(N)=N/O)cc1. The van der Waals surface area contributed by atoms with Gasteiger partial charge in [0.05, 0.1) is 19.8 Å². The molecule has 0 heterocycles. The predicted molar refractivity (Wildman–Crippen MR) is 75.9 cm³/mol. The molecule has 6 heteroatoms. The minimum Gasteiger partial charge on any atom is -0.409 e. The van der Waals surface area contributed by atoms with Gasteiger partial charge in [-0.05, 0) is 12.0 Å². The predicted octanol–water partition coefficient (Wildman–Crippen LogP) is 1.35. The van der Waals surface area contributed by atoms with Crippen molar-refractivity contribution in [3.05, 3.63) is 35.4 Å². The molecule has 0 aliphatic carbocycles. The second-order valence-electron chi connectivity index (χ2n) is 4.19. The highest BCUT2D eigenvalue weighted by molar-refractivity contribution is 5.96. The van der Waals surface area contributed by atoms with Crippen molar-refractivity contribution >= 4 is 5.84 Å². The molecular formula is C14H22N2O4. The third kappa shape index (κ3) is 6.51. The Morgan fingerprint density at radius 1 is 1.10 bits per heavy atom. The fourth-order valence-electron chi connectivity index (χ4n) is 1.54. The van der Waals surface area contributed by atoms with Crippen LogP contribution >= 0.6 is 0 Å². The molecule has 0 aliphatic heterocycles. The molecule has 1 rings (SSSR count). The zero-order valence-electron chi connectivity index (χ0n) is 11.7. The third-order valence-electron chi connectivity index (χ3n) is 2.64. The first-order valence-electron chi connectivity index (χ1n) is 6.49. The van der Waals surface area contributed by atoms with Gasteiger partial charge >= 0.3 is 0 Å². The van der Waals surface area contributed by atoms with E-state index in [2.05, 4.69) is 5.16 Å². The highest BCUT2D eigenvalue weighted by Crippen LogP contribution is 2.05. The van der Waals surface area contributed by atoms with Gasteiger partial charge in [0.15, 0.2) is 5.84 Å². The Kier molecular flexibility index (Phi) is 8.37. The number of nitrogens with two attached hydrogens (primary N) is 1. The zero-order valence-corrected chi connectivity index (χ0v) is 11.7. The fourth-order valence-corrected chi connectivity index (χ4v) is 1.54. The number of hydrogen-bond donors (Lipinski definition) is 2. The van der Waals surface area contributed by atoms with Crippen LogP contribution in [0.5, 0.6) is 0 Å². The highest BCUT2D eigenvalue weighted by Gasteiger charge is 1.99. The molecule has 0 radical (unpaired) electrons. The largest absolute Gasteiger partial charge is 0.409 e. The van der Waals surface area contributed by atoms with E-state index < -0.39 is 0 Å². The Hall–Kier alpha value is -1.63. The summed E-state index contributed by atoms with van der Waals surface area (Å²) in [7, 11) is 1.68. The van der Waals surface area contributed by atoms with Gasteiger partial charge in [-0.1, -0.05) is 29.4 Å². The van der Waals surface area contributed by atoms with E-state index in [0.717, 1.165) is 12.0 Å². The van der Waals surface area contributed by atoms with Crippen LogP contribution in [0.2, 0.25) is 0 Å². The van der Waals surface area contributed by atoms with Gasteiger partial charge in [-0.25, -0.2) is 0 Å². The topological polar surface area (TPSA) is 86.3 Å². The summed E-state index contributed by atoms with van der Waals surface area (Å²) < 4.78 is 15.8. The van der Waals surface area contributed by atoms with Crippen LogP contribution in [0.15, 0.2) is 29.4 Å². The minimum atomic E-state index is 0.0990. The Bertz CT molecular complexity index is 393. The van der Waals surface area contributed by atoms with Gasteiger partial charge in [-0.15, -0.1) is 0 Å². The molecule has 6 nitrogen and oxygen atoms in total. The van der Waals surface area contributed by atoms with Crippen molar-refractivity contribution in [3.8, 4) is 0 Å². The smallest absolute Gasteiger partial charge is 0.170 e. The molecule has 0 fully saturated rings. The lowest BCUT2D eigenvalue weighted by atomic mass is 10.1. The Morgan fingerprint density at radius 3 is 2.45 bits per heavy atom. The maximum atomic E-state index is 8.55. The molecule has 0 amide bonds. The van der Waals surface area contributed by atoms with Crippen LogP contribution in [0, 0.1) is 0 Å². The Labute approximate surface area is 119 Å². The number of methoxy groups -OCH3 is 1. The van der Waals surface area contributed by atoms with Gasteiger partial charge in [-0.2, -0.15) is 0 Å². The van der Waals surface area contributed by atoms with Crippen LogP contribution in [-0.4, -0.2) is 44.6 Å². The van der Waals surface area contributed by atoms with E-state index >= 15 is 0 Å². The maximum absolute atomic E-state index is 8.55. The Balaban J connectivity index is 2.13. The van der Waals surface area contributed by atoms with E-state index in [9.17, 15) is 0 Å². The first kappa shape index (κ1) is 16.4. The van der Waals surface area contributed by atoms with Crippen molar-refractivity contribution in [3.63, 3.8) is 0 Å². The van der Waals surface area contributed by atoms with Crippen molar-refractivity contribution in [1.29, 1.82) is 0 Å². The van der Waals surface area contributed by atoms with E-state index in [0.29, 0.717) is 38.6 Å². The molecule has 1 aromatic carbocycles. The maximum Gasteiger partial charge on any atom is 0.170 e. The van der Waals surface area contributed by atoms with Crippen LogP contribution in [0.3, 0.4) is 0 Å². The number of benzene rings is 1. The second kappa shape index (κ2) is 10.2. The number of oxime groups is 1. The van der Waals surface area contributed by atoms with Gasteiger partial charge in [0.1, 0.15) is 0 Å². The number of rotatable bonds is 10. The molecule has 0 saturated heterocycles. The minimum absolute atomic E-state index is 0.0990. The number of ether oxygens (including phenoxy) is 3. The summed E-state index contributed by atoms with van der Waals surface area (Å²) in [6.45, 7) is 3.04. The quantitative estimate of drug-likeness (QED) is 0.222. The first-order chi connectivity index (χ1) is 9.77. The van der Waals surface area contributed by atoms with E-state index in [1.165, 1.54) is 0 Å². The monoisotopic (exact) mass is 282 g/mol. The molecule has 0 saturated carbocycles. The number of amidine groups is 1. The Morgan fingerprint density at radius 2 is 1.80 bits per heavy atom. The van der Waals surface area contributed by atoms with E-state index in [-0.39, 0.29) is 5.84 Å². The van der Waals surface area contributed by atoms with Crippen LogP contribution < -0.4 is 5.73 Å². The highest BCUT2D eigenvalue weighted by atomic mass is 16.5. The number of hydrogen-bond acceptors (Lipinski definition) is 5. The summed E-state index contributed by atoms with van der Waals surface area (Å²) in [6, 6.07) is 7.34. The lowest BCUT2D eigenvalue weighted by Crippen LogP contribution is -2.12. The van der Waals surface area contributed by atoms with Gasteiger partial charge < -0.3 is 25.2 Å². The third-order valence-corrected chi connectivity index (χ3v) is 2.64. The lowest BCUT2D eigenvalue weighted by molar-refractivity contribution is 0.0337. The average Bonchev–Trinajstić information content (AvgIpc) is 2.50. The molecular weight excluding hydrogens is 260 g/mol. The van der Waals surface area contributed by atoms with Crippen LogP contribution in [0.25, 0.3) is 0 Å². The summed E-state index contributed by atoms with van der Waals surface area (Å²) in [4.78, 5) is 0. The molecule has 20 heavy (non-hydrogen) atoms. The van der Waals surface area contributed by atoms with Crippen molar-refractivity contribution in [2.45, 2.75) is 13.0 Å². The molecule has 0 bridgehead atoms. The van der Waals surface area contributed by atoms with Gasteiger partial charge in [0.25, 0.3) is 0 Å². The standard InChI is InChI=1S/C14H22N2O4/c1-18-7-2-8-19-9-10-20-11-12-3-5-13(6-4-12)14(15)16-17/h3-6,17H,2,7-11H2,1H3,(H2,15,16). The zero-order chi connectivity index (χ0) is 14.6. The van der Waals surface area contributed by atoms with Crippen LogP contribution in [0.1, 0.15) is 17.5 Å². The molecule has 0 atom stereocenters. The van der Waals surface area contributed by atoms with Gasteiger partial charge in [0.2, 0.25) is 0 Å². The summed E-state index contributed by atoms with van der Waals surface area (Å²) >= 11 is 0. The van der Waals surface area contributed by atoms with Crippen LogP contribution in [0.4, 0.5) is 0 Å². The average molecular weight is 282 g/mol. The summed E-state index contributed by atoms with van der Waals surface area (Å²) in [5.41, 5.74) is 7.18. The van der Waals surface area contributed by atoms with Gasteiger partial charge in [0, 0.05) is 25.9 Å².